The van der Waals surface area contributed by atoms with Gasteiger partial charge in [-0.2, -0.15) is 0 Å². The van der Waals surface area contributed by atoms with Gasteiger partial charge in [0.05, 0.1) is 23.1 Å². The third-order valence-corrected chi connectivity index (χ3v) is 2.99. The van der Waals surface area contributed by atoms with Crippen molar-refractivity contribution in [2.24, 2.45) is 0 Å². The summed E-state index contributed by atoms with van der Waals surface area (Å²) in [4.78, 5) is 11.6. The van der Waals surface area contributed by atoms with E-state index in [-0.39, 0.29) is 5.78 Å². The van der Waals surface area contributed by atoms with Crippen LogP contribution in [0.3, 0.4) is 0 Å². The van der Waals surface area contributed by atoms with Crippen LogP contribution >= 0.6 is 11.6 Å². The van der Waals surface area contributed by atoms with Crippen LogP contribution in [0, 0.1) is 0 Å². The monoisotopic (exact) mass is 234 g/mol. The second-order valence-corrected chi connectivity index (χ2v) is 3.95. The van der Waals surface area contributed by atoms with E-state index in [0.29, 0.717) is 32.5 Å². The van der Waals surface area contributed by atoms with Crippen molar-refractivity contribution in [2.75, 3.05) is 0 Å². The van der Waals surface area contributed by atoms with Crippen LogP contribution < -0.4 is 0 Å². The smallest absolute Gasteiger partial charge is 0.164 e. The normalized spacial score (nSPS) is 11.4. The molecule has 2 heterocycles. The fourth-order valence-electron chi connectivity index (χ4n) is 1.95. The summed E-state index contributed by atoms with van der Waals surface area (Å²) in [6.45, 7) is 1.50. The Morgan fingerprint density at radius 3 is 2.44 bits per heavy atom. The molecule has 0 amide bonds. The number of hydrogen-bond acceptors (Lipinski definition) is 3. The predicted octanol–water partition coefficient (Wildman–Crippen LogP) is 4.04. The summed E-state index contributed by atoms with van der Waals surface area (Å²) in [7, 11) is 0. The lowest BCUT2D eigenvalue weighted by Crippen LogP contribution is -1.93. The van der Waals surface area contributed by atoms with E-state index in [1.165, 1.54) is 19.5 Å². The Kier molecular flexibility index (Phi) is 1.85. The van der Waals surface area contributed by atoms with Crippen molar-refractivity contribution < 1.29 is 13.6 Å². The third kappa shape index (κ3) is 1.06. The van der Waals surface area contributed by atoms with E-state index in [0.717, 1.165) is 0 Å². The molecule has 0 radical (unpaired) electrons. The van der Waals surface area contributed by atoms with Gasteiger partial charge < -0.3 is 8.83 Å². The van der Waals surface area contributed by atoms with Gasteiger partial charge >= 0.3 is 0 Å². The minimum Gasteiger partial charge on any atom is -0.463 e. The minimum atomic E-state index is -0.0667. The van der Waals surface area contributed by atoms with Crippen LogP contribution in [-0.4, -0.2) is 5.78 Å². The first kappa shape index (κ1) is 9.48. The molecular weight excluding hydrogens is 228 g/mol. The summed E-state index contributed by atoms with van der Waals surface area (Å²) in [6.07, 6.45) is 3.03. The van der Waals surface area contributed by atoms with Gasteiger partial charge in [-0.3, -0.25) is 4.79 Å². The Morgan fingerprint density at radius 1 is 1.12 bits per heavy atom. The van der Waals surface area contributed by atoms with Crippen LogP contribution in [0.1, 0.15) is 17.3 Å². The molecule has 0 aliphatic rings. The number of hydrogen-bond donors (Lipinski definition) is 0. The van der Waals surface area contributed by atoms with E-state index in [1.54, 1.807) is 12.1 Å². The van der Waals surface area contributed by atoms with Crippen LogP contribution in [0.4, 0.5) is 0 Å². The van der Waals surface area contributed by atoms with Crippen molar-refractivity contribution in [3.63, 3.8) is 0 Å². The standard InChI is InChI=1S/C12H7ClO3/c1-6(14)9-7-2-4-16-12(7)10(13)8-3-5-15-11(8)9/h2-5H,1H3. The van der Waals surface area contributed by atoms with Crippen molar-refractivity contribution in [1.29, 1.82) is 0 Å². The van der Waals surface area contributed by atoms with Crippen molar-refractivity contribution >= 4 is 39.3 Å². The van der Waals surface area contributed by atoms with Crippen molar-refractivity contribution in [2.45, 2.75) is 6.92 Å². The van der Waals surface area contributed by atoms with E-state index in [2.05, 4.69) is 0 Å². The predicted molar refractivity (Wildman–Crippen MR) is 61.0 cm³/mol. The molecule has 3 rings (SSSR count). The maximum atomic E-state index is 11.6. The van der Waals surface area contributed by atoms with Crippen LogP contribution in [0.15, 0.2) is 33.5 Å². The molecule has 3 aromatic rings. The highest BCUT2D eigenvalue weighted by Gasteiger charge is 2.19. The molecule has 0 bridgehead atoms. The van der Waals surface area contributed by atoms with Gasteiger partial charge in [-0.05, 0) is 19.1 Å². The molecule has 0 atom stereocenters. The molecule has 0 saturated heterocycles. The molecule has 0 N–H and O–H groups in total. The van der Waals surface area contributed by atoms with Gasteiger partial charge in [0.15, 0.2) is 11.4 Å². The van der Waals surface area contributed by atoms with Gasteiger partial charge in [-0.25, -0.2) is 0 Å². The lowest BCUT2D eigenvalue weighted by molar-refractivity contribution is 0.102. The molecule has 2 aromatic heterocycles. The quantitative estimate of drug-likeness (QED) is 0.597. The number of furan rings is 2. The first-order chi connectivity index (χ1) is 7.70. The maximum absolute atomic E-state index is 11.6. The molecule has 0 aliphatic heterocycles. The Balaban J connectivity index is 2.67. The number of halogens is 1. The highest BCUT2D eigenvalue weighted by atomic mass is 35.5. The lowest BCUT2D eigenvalue weighted by Gasteiger charge is -2.01. The first-order valence-electron chi connectivity index (χ1n) is 4.77. The van der Waals surface area contributed by atoms with Crippen LogP contribution in [0.5, 0.6) is 0 Å². The summed E-state index contributed by atoms with van der Waals surface area (Å²) >= 11 is 6.17. The Morgan fingerprint density at radius 2 is 1.75 bits per heavy atom. The molecule has 0 fully saturated rings. The number of benzene rings is 1. The zero-order valence-corrected chi connectivity index (χ0v) is 9.17. The SMILES string of the molecule is CC(=O)c1c2ccoc2c(Cl)c2ccoc12. The molecule has 16 heavy (non-hydrogen) atoms. The van der Waals surface area contributed by atoms with Gasteiger partial charge in [0, 0.05) is 10.8 Å². The molecule has 4 heteroatoms. The summed E-state index contributed by atoms with van der Waals surface area (Å²) in [6, 6.07) is 3.45. The van der Waals surface area contributed by atoms with E-state index in [4.69, 9.17) is 20.4 Å². The molecule has 0 unspecified atom stereocenters. The average molecular weight is 235 g/mol. The molecular formula is C12H7ClO3. The third-order valence-electron chi connectivity index (χ3n) is 2.61. The number of carbonyl (C=O) groups is 1. The molecule has 3 nitrogen and oxygen atoms in total. The average Bonchev–Trinajstić information content (AvgIpc) is 2.84. The van der Waals surface area contributed by atoms with E-state index in [9.17, 15) is 4.79 Å². The van der Waals surface area contributed by atoms with Gasteiger partial charge in [-0.1, -0.05) is 11.6 Å². The van der Waals surface area contributed by atoms with Gasteiger partial charge in [0.1, 0.15) is 5.58 Å². The van der Waals surface area contributed by atoms with Gasteiger partial charge in [0.25, 0.3) is 0 Å². The summed E-state index contributed by atoms with van der Waals surface area (Å²) < 4.78 is 10.6. The first-order valence-corrected chi connectivity index (χ1v) is 5.14. The zero-order valence-electron chi connectivity index (χ0n) is 8.41. The molecule has 0 spiro atoms. The molecule has 1 aromatic carbocycles. The van der Waals surface area contributed by atoms with Crippen molar-refractivity contribution in [3.8, 4) is 0 Å². The topological polar surface area (TPSA) is 43.4 Å². The summed E-state index contributed by atoms with van der Waals surface area (Å²) in [5, 5.41) is 1.88. The Labute approximate surface area is 95.6 Å². The largest absolute Gasteiger partial charge is 0.463 e. The second-order valence-electron chi connectivity index (χ2n) is 3.57. The lowest BCUT2D eigenvalue weighted by atomic mass is 10.0. The zero-order chi connectivity index (χ0) is 11.3. The van der Waals surface area contributed by atoms with Crippen LogP contribution in [0.2, 0.25) is 5.02 Å². The van der Waals surface area contributed by atoms with E-state index in [1.807, 2.05) is 0 Å². The second kappa shape index (κ2) is 3.12. The molecule has 0 saturated carbocycles. The van der Waals surface area contributed by atoms with E-state index >= 15 is 0 Å². The van der Waals surface area contributed by atoms with Crippen molar-refractivity contribution in [1.82, 2.24) is 0 Å². The number of rotatable bonds is 1. The Bertz CT molecular complexity index is 654. The maximum Gasteiger partial charge on any atom is 0.164 e. The van der Waals surface area contributed by atoms with E-state index < -0.39 is 0 Å². The molecule has 80 valence electrons. The number of carbonyl (C=O) groups excluding carboxylic acids is 1. The minimum absolute atomic E-state index is 0.0667. The summed E-state index contributed by atoms with van der Waals surface area (Å²) in [5.41, 5.74) is 1.57. The fourth-order valence-corrected chi connectivity index (χ4v) is 2.24. The number of Topliss-reactive ketones (excluding diaryl/α,β-unsaturated/α-hetero) is 1. The summed E-state index contributed by atoms with van der Waals surface area (Å²) in [5.74, 6) is -0.0667. The van der Waals surface area contributed by atoms with Crippen molar-refractivity contribution in [3.05, 3.63) is 35.2 Å². The fraction of sp³-hybridized carbons (Fsp3) is 0.0833. The van der Waals surface area contributed by atoms with Gasteiger partial charge in [-0.15, -0.1) is 0 Å². The number of ketones is 1. The highest BCUT2D eigenvalue weighted by Crippen LogP contribution is 2.37. The number of fused-ring (bicyclic) bond motifs is 2. The Hall–Kier alpha value is -1.74. The molecule has 0 aliphatic carbocycles. The highest BCUT2D eigenvalue weighted by molar-refractivity contribution is 6.41. The van der Waals surface area contributed by atoms with Gasteiger partial charge in [0.2, 0.25) is 0 Å². The van der Waals surface area contributed by atoms with Crippen LogP contribution in [-0.2, 0) is 0 Å². The van der Waals surface area contributed by atoms with Crippen LogP contribution in [0.25, 0.3) is 21.9 Å².